The quantitative estimate of drug-likeness (QED) is 0.487. The summed E-state index contributed by atoms with van der Waals surface area (Å²) in [6.07, 6.45) is 1.76. The number of ether oxygens (including phenoxy) is 1. The minimum atomic E-state index is -0.0435. The third-order valence-corrected chi connectivity index (χ3v) is 5.23. The lowest BCUT2D eigenvalue weighted by Gasteiger charge is -2.18. The van der Waals surface area contributed by atoms with Gasteiger partial charge in [0, 0.05) is 24.2 Å². The predicted octanol–water partition coefficient (Wildman–Crippen LogP) is 5.17. The summed E-state index contributed by atoms with van der Waals surface area (Å²) in [6.45, 7) is 3.67. The molecule has 0 spiro atoms. The highest BCUT2D eigenvalue weighted by atomic mass is 79.9. The minimum absolute atomic E-state index is 0.0435. The van der Waals surface area contributed by atoms with Gasteiger partial charge < -0.3 is 9.64 Å². The van der Waals surface area contributed by atoms with Crippen molar-refractivity contribution in [1.82, 2.24) is 14.7 Å². The Balaban J connectivity index is 1.62. The highest BCUT2D eigenvalue weighted by Gasteiger charge is 2.16. The molecule has 0 aliphatic rings. The molecule has 3 rings (SSSR count). The second-order valence-corrected chi connectivity index (χ2v) is 7.65. The first-order valence-corrected chi connectivity index (χ1v) is 10.1. The summed E-state index contributed by atoms with van der Waals surface area (Å²) in [5.74, 6) is 0.670. The van der Waals surface area contributed by atoms with Crippen molar-refractivity contribution in [2.75, 3.05) is 7.05 Å². The molecule has 0 aliphatic carbocycles. The molecule has 0 aliphatic heterocycles. The van der Waals surface area contributed by atoms with Crippen LogP contribution in [0.4, 0.5) is 0 Å². The molecule has 28 heavy (non-hydrogen) atoms. The third kappa shape index (κ3) is 4.94. The van der Waals surface area contributed by atoms with Crippen LogP contribution in [-0.2, 0) is 19.7 Å². The van der Waals surface area contributed by atoms with Gasteiger partial charge in [0.2, 0.25) is 0 Å². The first-order valence-electron chi connectivity index (χ1n) is 8.91. The second-order valence-electron chi connectivity index (χ2n) is 6.36. The van der Waals surface area contributed by atoms with E-state index in [0.29, 0.717) is 29.5 Å². The molecule has 0 saturated carbocycles. The Morgan fingerprint density at radius 3 is 2.68 bits per heavy atom. The van der Waals surface area contributed by atoms with Crippen molar-refractivity contribution < 1.29 is 9.53 Å². The van der Waals surface area contributed by atoms with Crippen molar-refractivity contribution in [3.63, 3.8) is 0 Å². The summed E-state index contributed by atoms with van der Waals surface area (Å²) in [4.78, 5) is 14.4. The summed E-state index contributed by atoms with van der Waals surface area (Å²) < 4.78 is 8.52. The van der Waals surface area contributed by atoms with Crippen LogP contribution in [0.1, 0.15) is 28.5 Å². The number of aryl methyl sites for hydroxylation is 1. The molecule has 1 amide bonds. The number of carbonyl (C=O) groups excluding carboxylic acids is 1. The van der Waals surface area contributed by atoms with E-state index in [2.05, 4.69) is 21.0 Å². The van der Waals surface area contributed by atoms with E-state index in [9.17, 15) is 4.79 Å². The standard InChI is InChI=1S/C21H21BrClN3O2/c1-3-26-20(19(22)12-24-26)13-25(2)21(27)16-9-7-15(8-10-16)14-28-18-6-4-5-17(23)11-18/h4-12H,3,13-14H2,1-2H3. The van der Waals surface area contributed by atoms with Crippen molar-refractivity contribution >= 4 is 33.4 Å². The molecule has 1 heterocycles. The fraction of sp³-hybridized carbons (Fsp3) is 0.238. The van der Waals surface area contributed by atoms with Gasteiger partial charge in [0.05, 0.1) is 22.9 Å². The molecule has 0 unspecified atom stereocenters. The lowest BCUT2D eigenvalue weighted by atomic mass is 10.1. The number of hydrogen-bond acceptors (Lipinski definition) is 3. The molecule has 0 fully saturated rings. The van der Waals surface area contributed by atoms with Gasteiger partial charge in [-0.05, 0) is 58.7 Å². The number of rotatable bonds is 7. The van der Waals surface area contributed by atoms with Gasteiger partial charge in [-0.15, -0.1) is 0 Å². The van der Waals surface area contributed by atoms with Gasteiger partial charge >= 0.3 is 0 Å². The van der Waals surface area contributed by atoms with E-state index in [4.69, 9.17) is 16.3 Å². The average Bonchev–Trinajstić information content (AvgIpc) is 3.06. The van der Waals surface area contributed by atoms with Gasteiger partial charge in [-0.1, -0.05) is 29.8 Å². The smallest absolute Gasteiger partial charge is 0.253 e. The van der Waals surface area contributed by atoms with Gasteiger partial charge in [0.15, 0.2) is 0 Å². The zero-order valence-corrected chi connectivity index (χ0v) is 18.1. The number of halogens is 2. The van der Waals surface area contributed by atoms with E-state index in [-0.39, 0.29) is 5.91 Å². The van der Waals surface area contributed by atoms with Crippen LogP contribution in [0.25, 0.3) is 0 Å². The number of benzene rings is 2. The van der Waals surface area contributed by atoms with Crippen LogP contribution in [0.5, 0.6) is 5.75 Å². The Morgan fingerprint density at radius 2 is 2.00 bits per heavy atom. The Bertz CT molecular complexity index is 957. The molecular weight excluding hydrogens is 442 g/mol. The summed E-state index contributed by atoms with van der Waals surface area (Å²) in [5.41, 5.74) is 2.59. The largest absolute Gasteiger partial charge is 0.489 e. The molecule has 0 bridgehead atoms. The first-order chi connectivity index (χ1) is 13.5. The maximum absolute atomic E-state index is 12.7. The monoisotopic (exact) mass is 461 g/mol. The van der Waals surface area contributed by atoms with Crippen molar-refractivity contribution in [3.8, 4) is 5.75 Å². The fourth-order valence-corrected chi connectivity index (χ4v) is 3.40. The maximum Gasteiger partial charge on any atom is 0.253 e. The zero-order chi connectivity index (χ0) is 20.1. The molecule has 1 aromatic heterocycles. The zero-order valence-electron chi connectivity index (χ0n) is 15.7. The fourth-order valence-electron chi connectivity index (χ4n) is 2.80. The normalized spacial score (nSPS) is 10.7. The van der Waals surface area contributed by atoms with E-state index < -0.39 is 0 Å². The molecule has 146 valence electrons. The third-order valence-electron chi connectivity index (χ3n) is 4.33. The lowest BCUT2D eigenvalue weighted by molar-refractivity contribution is 0.0781. The highest BCUT2D eigenvalue weighted by Crippen LogP contribution is 2.20. The summed E-state index contributed by atoms with van der Waals surface area (Å²) >= 11 is 9.46. The van der Waals surface area contributed by atoms with E-state index >= 15 is 0 Å². The molecule has 0 saturated heterocycles. The van der Waals surface area contributed by atoms with Crippen molar-refractivity contribution in [3.05, 3.63) is 81.0 Å². The van der Waals surface area contributed by atoms with Crippen LogP contribution in [0.15, 0.2) is 59.2 Å². The Morgan fingerprint density at radius 1 is 1.25 bits per heavy atom. The molecule has 5 nitrogen and oxygen atoms in total. The Labute approximate surface area is 178 Å². The number of carbonyl (C=O) groups is 1. The summed E-state index contributed by atoms with van der Waals surface area (Å²) in [5, 5.41) is 4.93. The maximum atomic E-state index is 12.7. The van der Waals surface area contributed by atoms with Crippen LogP contribution in [-0.4, -0.2) is 27.6 Å². The number of aromatic nitrogens is 2. The van der Waals surface area contributed by atoms with E-state index in [1.54, 1.807) is 30.3 Å². The van der Waals surface area contributed by atoms with Crippen LogP contribution in [0, 0.1) is 0 Å². The molecule has 3 aromatic rings. The number of amides is 1. The topological polar surface area (TPSA) is 47.4 Å². The SMILES string of the molecule is CCn1ncc(Br)c1CN(C)C(=O)c1ccc(COc2cccc(Cl)c2)cc1. The summed E-state index contributed by atoms with van der Waals surface area (Å²) in [6, 6.07) is 14.7. The molecule has 0 N–H and O–H groups in total. The molecule has 2 aromatic carbocycles. The Kier molecular flexibility index (Phi) is 6.75. The summed E-state index contributed by atoms with van der Waals surface area (Å²) in [7, 11) is 1.79. The van der Waals surface area contributed by atoms with Crippen LogP contribution in [0.3, 0.4) is 0 Å². The van der Waals surface area contributed by atoms with Gasteiger partial charge in [-0.25, -0.2) is 0 Å². The van der Waals surface area contributed by atoms with E-state index in [0.717, 1.165) is 22.3 Å². The van der Waals surface area contributed by atoms with Crippen molar-refractivity contribution in [1.29, 1.82) is 0 Å². The first kappa shape index (κ1) is 20.4. The second kappa shape index (κ2) is 9.26. The van der Waals surface area contributed by atoms with Gasteiger partial charge in [-0.2, -0.15) is 5.10 Å². The molecule has 7 heteroatoms. The van der Waals surface area contributed by atoms with E-state index in [1.807, 2.05) is 48.0 Å². The van der Waals surface area contributed by atoms with Gasteiger partial charge in [0.25, 0.3) is 5.91 Å². The number of nitrogens with zero attached hydrogens (tertiary/aromatic N) is 3. The average molecular weight is 463 g/mol. The predicted molar refractivity (Wildman–Crippen MR) is 114 cm³/mol. The number of hydrogen-bond donors (Lipinski definition) is 0. The van der Waals surface area contributed by atoms with E-state index in [1.165, 1.54) is 0 Å². The lowest BCUT2D eigenvalue weighted by Crippen LogP contribution is -2.27. The van der Waals surface area contributed by atoms with Crippen molar-refractivity contribution in [2.24, 2.45) is 0 Å². The molecular formula is C21H21BrClN3O2. The Hall–Kier alpha value is -2.31. The minimum Gasteiger partial charge on any atom is -0.489 e. The molecule has 0 radical (unpaired) electrons. The van der Waals surface area contributed by atoms with Gasteiger partial charge in [0.1, 0.15) is 12.4 Å². The van der Waals surface area contributed by atoms with Crippen molar-refractivity contribution in [2.45, 2.75) is 26.6 Å². The van der Waals surface area contributed by atoms with Crippen LogP contribution >= 0.6 is 27.5 Å². The van der Waals surface area contributed by atoms with Gasteiger partial charge in [-0.3, -0.25) is 9.48 Å². The van der Waals surface area contributed by atoms with Crippen LogP contribution in [0.2, 0.25) is 5.02 Å². The van der Waals surface area contributed by atoms with Crippen LogP contribution < -0.4 is 4.74 Å². The molecule has 0 atom stereocenters. The highest BCUT2D eigenvalue weighted by molar-refractivity contribution is 9.10.